The number of piperazine rings is 1. The van der Waals surface area contributed by atoms with E-state index in [1.165, 1.54) is 6.92 Å². The van der Waals surface area contributed by atoms with Gasteiger partial charge in [0, 0.05) is 58.1 Å². The van der Waals surface area contributed by atoms with E-state index in [-0.39, 0.29) is 23.9 Å². The van der Waals surface area contributed by atoms with Crippen LogP contribution in [0.3, 0.4) is 0 Å². The molecule has 0 bridgehead atoms. The second kappa shape index (κ2) is 10.2. The molecule has 1 unspecified atom stereocenters. The summed E-state index contributed by atoms with van der Waals surface area (Å²) in [6.07, 6.45) is 4.54. The molecule has 0 spiro atoms. The maximum Gasteiger partial charge on any atom is 0.303 e. The summed E-state index contributed by atoms with van der Waals surface area (Å²) in [5.41, 5.74) is 0.258. The number of aromatic nitrogens is 2. The van der Waals surface area contributed by atoms with Gasteiger partial charge in [0.05, 0.1) is 12.7 Å². The van der Waals surface area contributed by atoms with Crippen LogP contribution in [0.4, 0.5) is 5.82 Å². The average Bonchev–Trinajstić information content (AvgIpc) is 2.81. The smallest absolute Gasteiger partial charge is 0.303 e. The molecule has 3 aliphatic rings. The van der Waals surface area contributed by atoms with E-state index in [1.54, 1.807) is 7.11 Å². The molecule has 1 saturated carbocycles. The molecule has 1 aromatic heterocycles. The van der Waals surface area contributed by atoms with Crippen LogP contribution < -0.4 is 9.64 Å². The molecule has 34 heavy (non-hydrogen) atoms. The van der Waals surface area contributed by atoms with Crippen LogP contribution in [-0.4, -0.2) is 77.7 Å². The van der Waals surface area contributed by atoms with Crippen molar-refractivity contribution in [1.82, 2.24) is 15.1 Å². The molecule has 2 fully saturated rings. The number of esters is 1. The second-order valence-corrected chi connectivity index (χ2v) is 10.6. The first kappa shape index (κ1) is 24.9. The molecule has 0 amide bonds. The molecule has 188 valence electrons. The van der Waals surface area contributed by atoms with Gasteiger partial charge in [-0.15, -0.1) is 10.2 Å². The van der Waals surface area contributed by atoms with Gasteiger partial charge in [0.15, 0.2) is 5.82 Å². The predicted molar refractivity (Wildman–Crippen MR) is 131 cm³/mol. The highest BCUT2D eigenvalue weighted by Crippen LogP contribution is 2.51. The van der Waals surface area contributed by atoms with Gasteiger partial charge in [-0.25, -0.2) is 0 Å². The van der Waals surface area contributed by atoms with Crippen molar-refractivity contribution in [3.8, 4) is 5.88 Å². The van der Waals surface area contributed by atoms with E-state index in [1.807, 2.05) is 19.1 Å². The summed E-state index contributed by atoms with van der Waals surface area (Å²) in [5, 5.41) is 20.2. The van der Waals surface area contributed by atoms with Gasteiger partial charge in [-0.1, -0.05) is 19.9 Å². The zero-order chi connectivity index (χ0) is 24.5. The van der Waals surface area contributed by atoms with Gasteiger partial charge in [0.25, 0.3) is 0 Å². The zero-order valence-electron chi connectivity index (χ0n) is 21.2. The summed E-state index contributed by atoms with van der Waals surface area (Å²) in [7, 11) is 1.60. The summed E-state index contributed by atoms with van der Waals surface area (Å²) in [4.78, 5) is 16.4. The molecular weight excluding hydrogens is 432 g/mol. The van der Waals surface area contributed by atoms with Crippen LogP contribution in [0.15, 0.2) is 23.8 Å². The monoisotopic (exact) mass is 472 g/mol. The average molecular weight is 473 g/mol. The number of fused-ring (bicyclic) bond motifs is 1. The molecule has 0 radical (unpaired) electrons. The molecule has 1 aromatic rings. The summed E-state index contributed by atoms with van der Waals surface area (Å²) in [6.45, 7) is 12.8. The number of carbonyl (C=O) groups excluding carboxylic acids is 1. The molecule has 1 aliphatic heterocycles. The van der Waals surface area contributed by atoms with E-state index in [2.05, 4.69) is 39.9 Å². The highest BCUT2D eigenvalue weighted by Gasteiger charge is 2.52. The van der Waals surface area contributed by atoms with E-state index >= 15 is 0 Å². The van der Waals surface area contributed by atoms with Crippen LogP contribution in [0.25, 0.3) is 0 Å². The van der Waals surface area contributed by atoms with E-state index in [9.17, 15) is 9.90 Å². The van der Waals surface area contributed by atoms with Crippen molar-refractivity contribution in [2.24, 2.45) is 23.7 Å². The molecule has 0 aromatic carbocycles. The van der Waals surface area contributed by atoms with Gasteiger partial charge < -0.3 is 19.5 Å². The lowest BCUT2D eigenvalue weighted by Crippen LogP contribution is -2.56. The molecule has 8 nitrogen and oxygen atoms in total. The number of anilines is 1. The van der Waals surface area contributed by atoms with Crippen molar-refractivity contribution >= 4 is 11.8 Å². The highest BCUT2D eigenvalue weighted by molar-refractivity contribution is 5.66. The van der Waals surface area contributed by atoms with Crippen molar-refractivity contribution in [2.45, 2.75) is 58.7 Å². The Morgan fingerprint density at radius 1 is 1.24 bits per heavy atom. The largest absolute Gasteiger partial charge is 0.480 e. The van der Waals surface area contributed by atoms with Crippen LogP contribution in [0.1, 0.15) is 47.0 Å². The lowest BCUT2D eigenvalue weighted by Gasteiger charge is -2.53. The van der Waals surface area contributed by atoms with Crippen LogP contribution in [0.2, 0.25) is 0 Å². The number of hydrogen-bond donors (Lipinski definition) is 1. The number of aliphatic hydroxyl groups is 1. The summed E-state index contributed by atoms with van der Waals surface area (Å²) in [5.74, 6) is 2.32. The quantitative estimate of drug-likeness (QED) is 0.500. The Bertz CT molecular complexity index is 883. The van der Waals surface area contributed by atoms with E-state index in [0.717, 1.165) is 57.0 Å². The Balaban J connectivity index is 1.38. The fraction of sp³-hybridized carbons (Fsp3) is 0.731. The molecular formula is C26H40N4O4. The molecule has 6 atom stereocenters. The number of carbonyl (C=O) groups is 1. The molecule has 1 saturated heterocycles. The summed E-state index contributed by atoms with van der Waals surface area (Å²) < 4.78 is 10.7. The highest BCUT2D eigenvalue weighted by atomic mass is 16.5. The fourth-order valence-electron chi connectivity index (χ4n) is 6.29. The minimum atomic E-state index is -0.817. The van der Waals surface area contributed by atoms with Gasteiger partial charge in [0.2, 0.25) is 5.88 Å². The first-order valence-corrected chi connectivity index (χ1v) is 12.6. The summed E-state index contributed by atoms with van der Waals surface area (Å²) >= 11 is 0. The maximum absolute atomic E-state index is 11.8. The lowest BCUT2D eigenvalue weighted by molar-refractivity contribution is -0.159. The van der Waals surface area contributed by atoms with Crippen molar-refractivity contribution in [2.75, 3.05) is 44.7 Å². The van der Waals surface area contributed by atoms with Crippen LogP contribution in [0.5, 0.6) is 5.88 Å². The molecule has 2 heterocycles. The van der Waals surface area contributed by atoms with Crippen molar-refractivity contribution in [3.05, 3.63) is 23.8 Å². The van der Waals surface area contributed by atoms with Crippen LogP contribution in [-0.2, 0) is 9.53 Å². The van der Waals surface area contributed by atoms with E-state index in [4.69, 9.17) is 9.47 Å². The van der Waals surface area contributed by atoms with Crippen molar-refractivity contribution in [3.63, 3.8) is 0 Å². The molecule has 8 heteroatoms. The topological polar surface area (TPSA) is 88.0 Å². The first-order chi connectivity index (χ1) is 16.2. The normalized spacial score (nSPS) is 33.0. The lowest BCUT2D eigenvalue weighted by atomic mass is 9.57. The predicted octanol–water partition coefficient (Wildman–Crippen LogP) is 2.92. The Morgan fingerprint density at radius 3 is 2.59 bits per heavy atom. The van der Waals surface area contributed by atoms with Crippen LogP contribution in [0, 0.1) is 23.7 Å². The van der Waals surface area contributed by atoms with Crippen molar-refractivity contribution < 1.29 is 19.4 Å². The molecule has 4 rings (SSSR count). The van der Waals surface area contributed by atoms with Gasteiger partial charge in [-0.3, -0.25) is 9.69 Å². The SMILES string of the molecule is COc1ccc(N2CCN(CC(C)[C@@H]3CC[C@@H](C)[C@]4(O)C[C@@H](OC(C)=O)C(C)=C[C@H]34)CC2)nn1. The number of ether oxygens (including phenoxy) is 2. The summed E-state index contributed by atoms with van der Waals surface area (Å²) in [6, 6.07) is 3.82. The minimum absolute atomic E-state index is 0.105. The zero-order valence-corrected chi connectivity index (χ0v) is 21.2. The Hall–Kier alpha value is -2.19. The van der Waals surface area contributed by atoms with Gasteiger partial charge in [0.1, 0.15) is 6.10 Å². The van der Waals surface area contributed by atoms with Gasteiger partial charge >= 0.3 is 5.97 Å². The molecule has 1 N–H and O–H groups in total. The third-order valence-electron chi connectivity index (χ3n) is 8.40. The third kappa shape index (κ3) is 5.08. The number of nitrogens with zero attached hydrogens (tertiary/aromatic N) is 4. The van der Waals surface area contributed by atoms with Crippen LogP contribution >= 0.6 is 0 Å². The number of rotatable bonds is 6. The van der Waals surface area contributed by atoms with Gasteiger partial charge in [-0.2, -0.15) is 0 Å². The van der Waals surface area contributed by atoms with Crippen molar-refractivity contribution in [1.29, 1.82) is 0 Å². The van der Waals surface area contributed by atoms with E-state index in [0.29, 0.717) is 24.1 Å². The van der Waals surface area contributed by atoms with E-state index < -0.39 is 5.60 Å². The standard InChI is InChI=1S/C26H40N4O4/c1-17-14-22-21(7-6-19(3)26(22,32)15-23(17)34-20(4)31)18(2)16-29-10-12-30(13-11-29)24-8-9-25(33-5)28-27-24/h8-9,14,18-19,21-23,32H,6-7,10-13,15-16H2,1-5H3/t18?,19-,21+,22-,23-,26-/m1/s1. The maximum atomic E-state index is 11.8. The number of methoxy groups -OCH3 is 1. The minimum Gasteiger partial charge on any atom is -0.480 e. The first-order valence-electron chi connectivity index (χ1n) is 12.6. The van der Waals surface area contributed by atoms with Gasteiger partial charge in [-0.05, 0) is 49.2 Å². The molecule has 2 aliphatic carbocycles. The Labute approximate surface area is 203 Å². The Kier molecular flexibility index (Phi) is 7.48. The Morgan fingerprint density at radius 2 is 1.97 bits per heavy atom. The second-order valence-electron chi connectivity index (χ2n) is 10.6. The fourth-order valence-corrected chi connectivity index (χ4v) is 6.29. The number of hydrogen-bond acceptors (Lipinski definition) is 8. The third-order valence-corrected chi connectivity index (χ3v) is 8.40.